The number of carbonyl (C=O) groups is 3. The highest BCUT2D eigenvalue weighted by Crippen LogP contribution is 2.27. The molecule has 0 spiro atoms. The second-order valence-electron chi connectivity index (χ2n) is 10.1. The summed E-state index contributed by atoms with van der Waals surface area (Å²) in [7, 11) is 0. The Morgan fingerprint density at radius 3 is 1.86 bits per heavy atom. The second-order valence-corrected chi connectivity index (χ2v) is 10.1. The van der Waals surface area contributed by atoms with Crippen molar-refractivity contribution in [1.29, 1.82) is 0 Å². The molecule has 0 aromatic rings. The van der Waals surface area contributed by atoms with E-state index in [4.69, 9.17) is 18.9 Å². The SMILES string of the molecule is O=C(C1CC(=O)N(O)C1=O)[C@H](O)[C@@H](O)[C@H](O)[C@H](O)CO[C@H]1O[C@H](CO[C@H]2O[C@H](CO)[C@@H](O)[C@H](O)[C@H]2O)[C@@H](O)[C@H](O)[C@H]1O. The molecule has 3 aliphatic heterocycles. The van der Waals surface area contributed by atoms with Crippen molar-refractivity contribution < 1.29 is 94.7 Å². The van der Waals surface area contributed by atoms with E-state index >= 15 is 0 Å². The first-order chi connectivity index (χ1) is 19.6. The van der Waals surface area contributed by atoms with Gasteiger partial charge in [0.1, 0.15) is 79.2 Å². The normalized spacial score (nSPS) is 40.6. The largest absolute Gasteiger partial charge is 0.394 e. The van der Waals surface area contributed by atoms with Crippen molar-refractivity contribution in [3.05, 3.63) is 0 Å². The number of nitrogens with zero attached hydrogens (tertiary/aromatic N) is 1. The summed E-state index contributed by atoms with van der Waals surface area (Å²) in [5, 5.41) is 119. The monoisotopic (exact) mass is 617 g/mol. The molecular formula is C22H35NO19. The maximum atomic E-state index is 12.3. The van der Waals surface area contributed by atoms with Gasteiger partial charge in [-0.3, -0.25) is 19.6 Å². The lowest BCUT2D eigenvalue weighted by Crippen LogP contribution is -2.62. The summed E-state index contributed by atoms with van der Waals surface area (Å²) in [5.41, 5.74) is 0. The number of ketones is 1. The standard InChI is InChI=1S/C22H35NO19/c24-2-7-12(29)16(33)18(35)22(41-7)40-4-8-13(30)17(34)19(36)21(42-8)39-3-6(25)11(28)15(32)14(31)10(27)5-1-9(26)23(38)20(5)37/h5-8,11-19,21-22,24-25,28-36,38H,1-4H2/t5?,6-,7-,8-,11-,12-,13-,14+,15+,16+,17+,18-,19-,21+,22+/m1/s1. The third-order valence-corrected chi connectivity index (χ3v) is 7.20. The lowest BCUT2D eigenvalue weighted by Gasteiger charge is -2.42. The third-order valence-electron chi connectivity index (χ3n) is 7.20. The molecule has 0 saturated carbocycles. The zero-order chi connectivity index (χ0) is 31.6. The van der Waals surface area contributed by atoms with Crippen LogP contribution in [0, 0.1) is 5.92 Å². The first-order valence-electron chi connectivity index (χ1n) is 12.7. The average Bonchev–Trinajstić information content (AvgIpc) is 3.23. The van der Waals surface area contributed by atoms with Crippen LogP contribution < -0.4 is 0 Å². The minimum atomic E-state index is -2.49. The van der Waals surface area contributed by atoms with Crippen LogP contribution in [0.3, 0.4) is 0 Å². The molecule has 42 heavy (non-hydrogen) atoms. The summed E-state index contributed by atoms with van der Waals surface area (Å²) >= 11 is 0. The number of ether oxygens (including phenoxy) is 4. The van der Waals surface area contributed by atoms with E-state index < -0.39 is 136 Å². The van der Waals surface area contributed by atoms with Crippen molar-refractivity contribution >= 4 is 17.6 Å². The summed E-state index contributed by atoms with van der Waals surface area (Å²) in [6, 6.07) is 0. The Morgan fingerprint density at radius 2 is 1.33 bits per heavy atom. The van der Waals surface area contributed by atoms with Crippen LogP contribution in [0.2, 0.25) is 0 Å². The molecule has 3 heterocycles. The highest BCUT2D eigenvalue weighted by molar-refractivity contribution is 6.14. The van der Waals surface area contributed by atoms with Crippen molar-refractivity contribution in [1.82, 2.24) is 5.06 Å². The Morgan fingerprint density at radius 1 is 0.810 bits per heavy atom. The van der Waals surface area contributed by atoms with Crippen LogP contribution in [0.25, 0.3) is 0 Å². The summed E-state index contributed by atoms with van der Waals surface area (Å²) < 4.78 is 20.9. The minimum Gasteiger partial charge on any atom is -0.394 e. The zero-order valence-corrected chi connectivity index (χ0v) is 21.7. The molecule has 20 heteroatoms. The summed E-state index contributed by atoms with van der Waals surface area (Å²) in [5.74, 6) is -5.75. The Balaban J connectivity index is 1.55. The molecule has 12 N–H and O–H groups in total. The molecule has 3 aliphatic rings. The molecule has 15 atom stereocenters. The third kappa shape index (κ3) is 7.10. The molecule has 0 aromatic heterocycles. The van der Waals surface area contributed by atoms with Crippen molar-refractivity contribution in [2.75, 3.05) is 19.8 Å². The fraction of sp³-hybridized carbons (Fsp3) is 0.864. The van der Waals surface area contributed by atoms with Crippen LogP contribution in [0.1, 0.15) is 6.42 Å². The maximum absolute atomic E-state index is 12.3. The number of aliphatic hydroxyl groups excluding tert-OH is 11. The summed E-state index contributed by atoms with van der Waals surface area (Å²) in [4.78, 5) is 35.4. The molecule has 0 bridgehead atoms. The van der Waals surface area contributed by atoms with E-state index in [0.29, 0.717) is 0 Å². The first-order valence-corrected chi connectivity index (χ1v) is 12.7. The number of hydrogen-bond donors (Lipinski definition) is 12. The number of rotatable bonds is 12. The highest BCUT2D eigenvalue weighted by atomic mass is 16.7. The second kappa shape index (κ2) is 14.3. The Bertz CT molecular complexity index is 953. The summed E-state index contributed by atoms with van der Waals surface area (Å²) in [6.07, 6.45) is -27.3. The van der Waals surface area contributed by atoms with Gasteiger partial charge in [0.15, 0.2) is 18.4 Å². The van der Waals surface area contributed by atoms with Crippen LogP contribution in [0.15, 0.2) is 0 Å². The molecule has 242 valence electrons. The fourth-order valence-electron chi connectivity index (χ4n) is 4.51. The van der Waals surface area contributed by atoms with Crippen LogP contribution in [-0.2, 0) is 33.3 Å². The molecule has 2 amide bonds. The molecule has 3 fully saturated rings. The van der Waals surface area contributed by atoms with Gasteiger partial charge in [0, 0.05) is 6.42 Å². The van der Waals surface area contributed by atoms with Crippen molar-refractivity contribution in [2.45, 2.75) is 92.2 Å². The Kier molecular flexibility index (Phi) is 11.8. The van der Waals surface area contributed by atoms with E-state index in [2.05, 4.69) is 0 Å². The number of amides is 2. The van der Waals surface area contributed by atoms with E-state index in [1.54, 1.807) is 0 Å². The van der Waals surface area contributed by atoms with Gasteiger partial charge < -0.3 is 75.1 Å². The first kappa shape index (κ1) is 34.7. The van der Waals surface area contributed by atoms with Crippen LogP contribution >= 0.6 is 0 Å². The molecule has 0 aliphatic carbocycles. The summed E-state index contributed by atoms with van der Waals surface area (Å²) in [6.45, 7) is -2.41. The quantitative estimate of drug-likeness (QED) is 0.0549. The van der Waals surface area contributed by atoms with Gasteiger partial charge in [-0.1, -0.05) is 0 Å². The maximum Gasteiger partial charge on any atom is 0.264 e. The predicted octanol–water partition coefficient (Wildman–Crippen LogP) is -8.60. The minimum absolute atomic E-state index is 0.330. The number of hydrogen-bond acceptors (Lipinski definition) is 19. The van der Waals surface area contributed by atoms with Crippen molar-refractivity contribution in [2.24, 2.45) is 5.92 Å². The number of aliphatic hydroxyl groups is 11. The molecule has 0 radical (unpaired) electrons. The Hall–Kier alpha value is -1.83. The number of carbonyl (C=O) groups excluding carboxylic acids is 3. The van der Waals surface area contributed by atoms with E-state index in [9.17, 15) is 75.8 Å². The molecule has 0 aromatic carbocycles. The lowest BCUT2D eigenvalue weighted by atomic mass is 9.92. The van der Waals surface area contributed by atoms with Gasteiger partial charge in [-0.05, 0) is 0 Å². The van der Waals surface area contributed by atoms with Crippen LogP contribution in [0.5, 0.6) is 0 Å². The molecule has 20 nitrogen and oxygen atoms in total. The fourth-order valence-corrected chi connectivity index (χ4v) is 4.51. The smallest absolute Gasteiger partial charge is 0.264 e. The van der Waals surface area contributed by atoms with E-state index in [-0.39, 0.29) is 5.06 Å². The van der Waals surface area contributed by atoms with Gasteiger partial charge in [0.05, 0.1) is 19.8 Å². The van der Waals surface area contributed by atoms with Gasteiger partial charge in [0.2, 0.25) is 0 Å². The van der Waals surface area contributed by atoms with E-state index in [1.165, 1.54) is 0 Å². The van der Waals surface area contributed by atoms with Crippen LogP contribution in [0.4, 0.5) is 0 Å². The highest BCUT2D eigenvalue weighted by Gasteiger charge is 2.49. The van der Waals surface area contributed by atoms with Crippen molar-refractivity contribution in [3.8, 4) is 0 Å². The topological polar surface area (TPSA) is 334 Å². The number of hydroxylamine groups is 2. The Labute approximate surface area is 236 Å². The predicted molar refractivity (Wildman–Crippen MR) is 123 cm³/mol. The average molecular weight is 618 g/mol. The number of Topliss-reactive ketones (excluding diaryl/α,β-unsaturated/α-hetero) is 1. The molecular weight excluding hydrogens is 582 g/mol. The van der Waals surface area contributed by atoms with Gasteiger partial charge >= 0.3 is 0 Å². The molecule has 1 unspecified atom stereocenters. The van der Waals surface area contributed by atoms with E-state index in [0.717, 1.165) is 0 Å². The van der Waals surface area contributed by atoms with Gasteiger partial charge in [-0.15, -0.1) is 0 Å². The van der Waals surface area contributed by atoms with Gasteiger partial charge in [0.25, 0.3) is 11.8 Å². The van der Waals surface area contributed by atoms with Crippen LogP contribution in [-0.4, -0.2) is 190 Å². The van der Waals surface area contributed by atoms with Gasteiger partial charge in [-0.2, -0.15) is 5.06 Å². The van der Waals surface area contributed by atoms with Gasteiger partial charge in [-0.25, -0.2) is 0 Å². The van der Waals surface area contributed by atoms with Crippen molar-refractivity contribution in [3.63, 3.8) is 0 Å². The number of imide groups is 1. The molecule has 3 saturated heterocycles. The lowest BCUT2D eigenvalue weighted by molar-refractivity contribution is -0.333. The molecule has 3 rings (SSSR count). The van der Waals surface area contributed by atoms with E-state index in [1.807, 2.05) is 0 Å². The zero-order valence-electron chi connectivity index (χ0n) is 21.7.